The molecule has 0 spiro atoms. The van der Waals surface area contributed by atoms with Gasteiger partial charge in [-0.1, -0.05) is 24.3 Å². The maximum absolute atomic E-state index is 11.0. The lowest BCUT2D eigenvalue weighted by atomic mass is 9.75. The Hall–Kier alpha value is -1.11. The maximum atomic E-state index is 11.0. The Morgan fingerprint density at radius 3 is 2.71 bits per heavy atom. The molecule has 1 aromatic carbocycles. The summed E-state index contributed by atoms with van der Waals surface area (Å²) in [5.74, 6) is 3.93. The molecule has 4 rings (SSSR count). The van der Waals surface area contributed by atoms with Crippen molar-refractivity contribution in [2.24, 2.45) is 17.8 Å². The molecule has 0 amide bonds. The van der Waals surface area contributed by atoms with Gasteiger partial charge < -0.3 is 4.79 Å². The molecule has 0 radical (unpaired) electrons. The van der Waals surface area contributed by atoms with Crippen molar-refractivity contribution >= 4 is 6.29 Å². The molecule has 0 aromatic heterocycles. The van der Waals surface area contributed by atoms with Gasteiger partial charge in [0.25, 0.3) is 0 Å². The molecular formula is C16H18O. The number of carbonyl (C=O) groups excluding carboxylic acids is 1. The van der Waals surface area contributed by atoms with Crippen molar-refractivity contribution in [1.82, 2.24) is 0 Å². The van der Waals surface area contributed by atoms with Crippen LogP contribution in [0, 0.1) is 17.8 Å². The first kappa shape index (κ1) is 9.87. The average molecular weight is 226 g/mol. The summed E-state index contributed by atoms with van der Waals surface area (Å²) in [6.45, 7) is 0. The van der Waals surface area contributed by atoms with Crippen molar-refractivity contribution in [3.8, 4) is 0 Å². The highest BCUT2D eigenvalue weighted by atomic mass is 16.1. The maximum Gasteiger partial charge on any atom is 0.120 e. The van der Waals surface area contributed by atoms with Crippen LogP contribution >= 0.6 is 0 Å². The Kier molecular flexibility index (Phi) is 2.00. The molecule has 3 aliphatic carbocycles. The SMILES string of the molecule is O=CC[C@@H]1c2ccccc2[C@H]2[C@@H]3CC[C@@H](C3)[C@H]21. The number of carbonyl (C=O) groups is 1. The van der Waals surface area contributed by atoms with Crippen molar-refractivity contribution in [2.45, 2.75) is 37.5 Å². The summed E-state index contributed by atoms with van der Waals surface area (Å²) in [4.78, 5) is 11.0. The van der Waals surface area contributed by atoms with Gasteiger partial charge in [-0.2, -0.15) is 0 Å². The van der Waals surface area contributed by atoms with Crippen molar-refractivity contribution < 1.29 is 4.79 Å². The van der Waals surface area contributed by atoms with Gasteiger partial charge in [-0.3, -0.25) is 0 Å². The van der Waals surface area contributed by atoms with E-state index in [-0.39, 0.29) is 0 Å². The Bertz CT molecular complexity index is 464. The van der Waals surface area contributed by atoms with E-state index in [0.717, 1.165) is 36.4 Å². The van der Waals surface area contributed by atoms with Crippen molar-refractivity contribution in [2.75, 3.05) is 0 Å². The molecule has 2 fully saturated rings. The van der Waals surface area contributed by atoms with Gasteiger partial charge in [-0.15, -0.1) is 0 Å². The van der Waals surface area contributed by atoms with Crippen LogP contribution in [0.4, 0.5) is 0 Å². The second-order valence-electron chi connectivity index (χ2n) is 6.07. The van der Waals surface area contributed by atoms with Crippen LogP contribution in [0.25, 0.3) is 0 Å². The van der Waals surface area contributed by atoms with Crippen LogP contribution < -0.4 is 0 Å². The zero-order valence-electron chi connectivity index (χ0n) is 10.0. The highest BCUT2D eigenvalue weighted by molar-refractivity contribution is 5.55. The van der Waals surface area contributed by atoms with E-state index in [0.29, 0.717) is 5.92 Å². The molecule has 5 atom stereocenters. The monoisotopic (exact) mass is 226 g/mol. The van der Waals surface area contributed by atoms with Crippen LogP contribution in [0.15, 0.2) is 24.3 Å². The summed E-state index contributed by atoms with van der Waals surface area (Å²) in [6.07, 6.45) is 6.14. The molecule has 1 aromatic rings. The van der Waals surface area contributed by atoms with Gasteiger partial charge in [-0.25, -0.2) is 0 Å². The van der Waals surface area contributed by atoms with E-state index in [1.54, 1.807) is 5.56 Å². The van der Waals surface area contributed by atoms with E-state index in [4.69, 9.17) is 0 Å². The third kappa shape index (κ3) is 1.17. The number of fused-ring (bicyclic) bond motifs is 7. The van der Waals surface area contributed by atoms with Crippen molar-refractivity contribution in [3.63, 3.8) is 0 Å². The summed E-state index contributed by atoms with van der Waals surface area (Å²) in [7, 11) is 0. The summed E-state index contributed by atoms with van der Waals surface area (Å²) in [5, 5.41) is 0. The van der Waals surface area contributed by atoms with Crippen LogP contribution in [-0.4, -0.2) is 6.29 Å². The Morgan fingerprint density at radius 1 is 1.12 bits per heavy atom. The number of hydrogen-bond donors (Lipinski definition) is 0. The van der Waals surface area contributed by atoms with Crippen LogP contribution in [-0.2, 0) is 4.79 Å². The summed E-state index contributed by atoms with van der Waals surface area (Å²) in [6, 6.07) is 8.89. The third-order valence-corrected chi connectivity index (χ3v) is 5.55. The number of benzene rings is 1. The topological polar surface area (TPSA) is 17.1 Å². The molecule has 88 valence electrons. The van der Waals surface area contributed by atoms with E-state index in [2.05, 4.69) is 24.3 Å². The lowest BCUT2D eigenvalue weighted by molar-refractivity contribution is -0.108. The van der Waals surface area contributed by atoms with E-state index in [9.17, 15) is 4.79 Å². The van der Waals surface area contributed by atoms with E-state index in [1.165, 1.54) is 24.8 Å². The first-order chi connectivity index (χ1) is 8.40. The number of aldehydes is 1. The Balaban J connectivity index is 1.84. The lowest BCUT2D eigenvalue weighted by Gasteiger charge is -2.28. The molecule has 3 aliphatic rings. The minimum Gasteiger partial charge on any atom is -0.303 e. The molecule has 2 saturated carbocycles. The predicted molar refractivity (Wildman–Crippen MR) is 66.9 cm³/mol. The highest BCUT2D eigenvalue weighted by Gasteiger charge is 2.55. The number of hydrogen-bond acceptors (Lipinski definition) is 1. The molecule has 0 aliphatic heterocycles. The van der Waals surface area contributed by atoms with Crippen LogP contribution in [0.2, 0.25) is 0 Å². The molecule has 17 heavy (non-hydrogen) atoms. The van der Waals surface area contributed by atoms with Crippen LogP contribution in [0.3, 0.4) is 0 Å². The van der Waals surface area contributed by atoms with Gasteiger partial charge in [-0.05, 0) is 60.0 Å². The predicted octanol–water partition coefficient (Wildman–Crippen LogP) is 3.50. The molecule has 1 nitrogen and oxygen atoms in total. The number of rotatable bonds is 2. The highest BCUT2D eigenvalue weighted by Crippen LogP contribution is 2.65. The fourth-order valence-electron chi connectivity index (χ4n) is 5.12. The largest absolute Gasteiger partial charge is 0.303 e. The van der Waals surface area contributed by atoms with Gasteiger partial charge in [0.1, 0.15) is 6.29 Å². The van der Waals surface area contributed by atoms with Gasteiger partial charge in [0.15, 0.2) is 0 Å². The van der Waals surface area contributed by atoms with Crippen LogP contribution in [0.5, 0.6) is 0 Å². The van der Waals surface area contributed by atoms with E-state index < -0.39 is 0 Å². The third-order valence-electron chi connectivity index (χ3n) is 5.55. The van der Waals surface area contributed by atoms with Crippen LogP contribution in [0.1, 0.15) is 48.6 Å². The molecular weight excluding hydrogens is 208 g/mol. The lowest BCUT2D eigenvalue weighted by Crippen LogP contribution is -2.20. The van der Waals surface area contributed by atoms with Gasteiger partial charge in [0.2, 0.25) is 0 Å². The van der Waals surface area contributed by atoms with Crippen molar-refractivity contribution in [1.29, 1.82) is 0 Å². The molecule has 0 heterocycles. The van der Waals surface area contributed by atoms with Gasteiger partial charge in [0, 0.05) is 6.42 Å². The van der Waals surface area contributed by atoms with Gasteiger partial charge >= 0.3 is 0 Å². The van der Waals surface area contributed by atoms with Crippen molar-refractivity contribution in [3.05, 3.63) is 35.4 Å². The van der Waals surface area contributed by atoms with E-state index >= 15 is 0 Å². The summed E-state index contributed by atoms with van der Waals surface area (Å²) >= 11 is 0. The second kappa shape index (κ2) is 3.44. The minimum absolute atomic E-state index is 0.531. The second-order valence-corrected chi connectivity index (χ2v) is 6.07. The minimum atomic E-state index is 0.531. The van der Waals surface area contributed by atoms with E-state index in [1.807, 2.05) is 0 Å². The smallest absolute Gasteiger partial charge is 0.120 e. The van der Waals surface area contributed by atoms with Gasteiger partial charge in [0.05, 0.1) is 0 Å². The first-order valence-corrected chi connectivity index (χ1v) is 6.92. The standard InChI is InChI=1S/C16H18O/c17-8-7-14-12-3-1-2-4-13(12)15-10-5-6-11(9-10)16(14)15/h1-4,8,10-11,14-16H,5-7,9H2/t10-,11+,14-,15-,16+/m1/s1. The molecule has 2 bridgehead atoms. The normalized spacial score (nSPS) is 41.3. The Morgan fingerprint density at radius 2 is 1.88 bits per heavy atom. The summed E-state index contributed by atoms with van der Waals surface area (Å²) in [5.41, 5.74) is 3.07. The Labute approximate surface area is 102 Å². The zero-order chi connectivity index (χ0) is 11.4. The first-order valence-electron chi connectivity index (χ1n) is 6.92. The molecule has 0 unspecified atom stereocenters. The zero-order valence-corrected chi connectivity index (χ0v) is 10.0. The molecule has 0 saturated heterocycles. The molecule has 1 heteroatoms. The fourth-order valence-corrected chi connectivity index (χ4v) is 5.12. The fraction of sp³-hybridized carbons (Fsp3) is 0.562. The summed E-state index contributed by atoms with van der Waals surface area (Å²) < 4.78 is 0. The molecule has 0 N–H and O–H groups in total. The quantitative estimate of drug-likeness (QED) is 0.705. The average Bonchev–Trinajstić information content (AvgIpc) is 3.02.